The molecule has 0 aromatic carbocycles. The number of aromatic nitrogens is 1. The first-order valence-corrected chi connectivity index (χ1v) is 7.36. The molecule has 0 radical (unpaired) electrons. The number of hydrogen-bond donors (Lipinski definition) is 0. The molecule has 0 fully saturated rings. The third-order valence-corrected chi connectivity index (χ3v) is 2.84. The molecule has 0 saturated heterocycles. The van der Waals surface area contributed by atoms with Crippen molar-refractivity contribution >= 4 is 21.8 Å². The Morgan fingerprint density at radius 1 is 0.952 bits per heavy atom. The summed E-state index contributed by atoms with van der Waals surface area (Å²) in [5, 5.41) is 11.8. The molecule has 0 bridgehead atoms. The van der Waals surface area contributed by atoms with E-state index in [-0.39, 0.29) is 5.75 Å². The van der Waals surface area contributed by atoms with Gasteiger partial charge in [-0.25, -0.2) is 4.98 Å². The van der Waals surface area contributed by atoms with Crippen molar-refractivity contribution in [2.45, 2.75) is 0 Å². The van der Waals surface area contributed by atoms with Crippen LogP contribution in [-0.2, 0) is 14.6 Å². The van der Waals surface area contributed by atoms with Crippen molar-refractivity contribution in [2.75, 3.05) is 23.9 Å². The van der Waals surface area contributed by atoms with Crippen LogP contribution in [0.15, 0.2) is 36.9 Å². The monoisotopic (exact) mass is 349 g/mol. The Balaban J connectivity index is 0.000000774. The van der Waals surface area contributed by atoms with Gasteiger partial charge in [0.2, 0.25) is 0 Å². The predicted octanol–water partition coefficient (Wildman–Crippen LogP) is 1.53. The minimum absolute atomic E-state index is 0.0623. The molecule has 0 saturated carbocycles. The van der Waals surface area contributed by atoms with Crippen molar-refractivity contribution in [1.82, 2.24) is 14.8 Å². The summed E-state index contributed by atoms with van der Waals surface area (Å²) in [4.78, 5) is 11.9. The fourth-order valence-electron chi connectivity index (χ4n) is 1.91. The van der Waals surface area contributed by atoms with E-state index in [0.29, 0.717) is 11.6 Å². The van der Waals surface area contributed by atoms with Crippen molar-refractivity contribution in [3.63, 3.8) is 0 Å². The third kappa shape index (κ3) is 3.74. The fourth-order valence-corrected chi connectivity index (χ4v) is 1.91. The summed E-state index contributed by atoms with van der Waals surface area (Å²) in [6, 6.07) is 3.04. The van der Waals surface area contributed by atoms with Gasteiger partial charge in [0.15, 0.2) is 0 Å². The van der Waals surface area contributed by atoms with Gasteiger partial charge >= 0.3 is 24.8 Å². The first-order chi connectivity index (χ1) is 10.1. The minimum atomic E-state index is -0.0623. The van der Waals surface area contributed by atoms with Crippen molar-refractivity contribution < 1.29 is 19.7 Å². The van der Waals surface area contributed by atoms with Crippen molar-refractivity contribution in [2.24, 2.45) is 0 Å². The van der Waals surface area contributed by atoms with Gasteiger partial charge < -0.3 is 24.7 Å². The van der Waals surface area contributed by atoms with E-state index in [4.69, 9.17) is 0 Å². The van der Waals surface area contributed by atoms with Gasteiger partial charge in [-0.2, -0.15) is 0 Å². The topological polar surface area (TPSA) is 48.9 Å². The second-order valence-corrected chi connectivity index (χ2v) is 4.49. The molecular weight excluding hydrogens is 336 g/mol. The Labute approximate surface area is 136 Å². The first kappa shape index (κ1) is 15.8. The van der Waals surface area contributed by atoms with Gasteiger partial charge in [0, 0.05) is 0 Å². The molecule has 3 heterocycles. The average Bonchev–Trinajstić information content (AvgIpc) is 3.09. The Morgan fingerprint density at radius 2 is 1.38 bits per heavy atom. The van der Waals surface area contributed by atoms with Crippen LogP contribution in [0.25, 0.3) is 0 Å². The molecule has 0 N–H and O–H groups in total. The van der Waals surface area contributed by atoms with E-state index in [0.717, 1.165) is 0 Å². The van der Waals surface area contributed by atoms with E-state index in [9.17, 15) is 5.11 Å². The maximum absolute atomic E-state index is 11.8. The summed E-state index contributed by atoms with van der Waals surface area (Å²) in [6.45, 7) is 3.72. The predicted molar refractivity (Wildman–Crippen MR) is 76.9 cm³/mol. The number of anilines is 2. The van der Waals surface area contributed by atoms with Crippen molar-refractivity contribution in [3.05, 3.63) is 50.3 Å². The molecule has 0 spiro atoms. The van der Waals surface area contributed by atoms with Gasteiger partial charge in [0.05, 0.1) is 0 Å². The van der Waals surface area contributed by atoms with Crippen molar-refractivity contribution in [3.8, 4) is 5.75 Å². The van der Waals surface area contributed by atoms with E-state index in [2.05, 4.69) is 29.8 Å². The number of halogens is 1. The van der Waals surface area contributed by atoms with Gasteiger partial charge in [0.25, 0.3) is 0 Å². The van der Waals surface area contributed by atoms with Crippen LogP contribution >= 0.6 is 10.2 Å². The zero-order chi connectivity index (χ0) is 15.4. The van der Waals surface area contributed by atoms with E-state index in [1.54, 1.807) is 0 Å². The second kappa shape index (κ2) is 6.92. The van der Waals surface area contributed by atoms with E-state index >= 15 is 0 Å². The standard InChI is InChI=1S/C13H15N5O.ClH.Ni/c1-15-3-5-17(9-15)12-7-11(19)8-13(14-12)18-6-4-16(2)10-18;;/h3-10H,1-2H3,(H,14,19);1H;/q-2;;+1/p-2. The summed E-state index contributed by atoms with van der Waals surface area (Å²) in [5.41, 5.74) is 0. The zero-order valence-corrected chi connectivity index (χ0v) is 13.2. The summed E-state index contributed by atoms with van der Waals surface area (Å²) >= 11 is 3.35. The van der Waals surface area contributed by atoms with Gasteiger partial charge in [-0.1, -0.05) is 0 Å². The Morgan fingerprint density at radius 3 is 1.71 bits per heavy atom. The van der Waals surface area contributed by atoms with Gasteiger partial charge in [-0.15, -0.1) is 19.1 Å². The van der Waals surface area contributed by atoms with Crippen LogP contribution in [0.1, 0.15) is 0 Å². The molecule has 8 heteroatoms. The van der Waals surface area contributed by atoms with Gasteiger partial charge in [-0.05, 0) is 51.0 Å². The molecule has 1 aromatic heterocycles. The molecular formula is C13H14ClN5NiO-3. The Bertz CT molecular complexity index is 509. The molecule has 117 valence electrons. The van der Waals surface area contributed by atoms with Gasteiger partial charge in [-0.3, -0.25) is 0 Å². The molecule has 6 nitrogen and oxygen atoms in total. The maximum atomic E-state index is 11.8. The number of nitrogens with zero attached hydrogens (tertiary/aromatic N) is 5. The molecule has 0 atom stereocenters. The molecule has 1 aromatic rings. The van der Waals surface area contributed by atoms with Crippen LogP contribution in [0.3, 0.4) is 0 Å². The van der Waals surface area contributed by atoms with E-state index in [1.807, 2.05) is 71.8 Å². The van der Waals surface area contributed by atoms with Crippen LogP contribution in [0.4, 0.5) is 11.6 Å². The molecule has 21 heavy (non-hydrogen) atoms. The normalized spacial score (nSPS) is 16.6. The van der Waals surface area contributed by atoms with E-state index in [1.165, 1.54) is 12.1 Å². The van der Waals surface area contributed by atoms with E-state index < -0.39 is 0 Å². The molecule has 0 amide bonds. The third-order valence-electron chi connectivity index (χ3n) is 2.84. The van der Waals surface area contributed by atoms with Crippen molar-refractivity contribution in [1.29, 1.82) is 0 Å². The summed E-state index contributed by atoms with van der Waals surface area (Å²) < 4.78 is 0. The molecule has 2 aliphatic rings. The average molecular weight is 350 g/mol. The number of pyridine rings is 1. The van der Waals surface area contributed by atoms with Crippen LogP contribution in [0, 0.1) is 13.3 Å². The summed E-state index contributed by atoms with van der Waals surface area (Å²) in [5.74, 6) is 1.16. The first-order valence-electron chi connectivity index (χ1n) is 6.00. The van der Waals surface area contributed by atoms with Crippen LogP contribution < -0.4 is 14.9 Å². The zero-order valence-electron chi connectivity index (χ0n) is 11.5. The number of hydrogen-bond acceptors (Lipinski definition) is 6. The number of rotatable bonds is 2. The summed E-state index contributed by atoms with van der Waals surface area (Å²) in [7, 11) is 8.11. The molecule has 3 rings (SSSR count). The quantitative estimate of drug-likeness (QED) is 0.596. The van der Waals surface area contributed by atoms with Crippen LogP contribution in [0.2, 0.25) is 0 Å². The fraction of sp³-hybridized carbons (Fsp3) is 0.154. The van der Waals surface area contributed by atoms with Gasteiger partial charge in [0.1, 0.15) is 11.6 Å². The molecule has 0 unspecified atom stereocenters. The Kier molecular flexibility index (Phi) is 5.20. The van der Waals surface area contributed by atoms with Crippen LogP contribution in [-0.4, -0.2) is 28.9 Å². The summed E-state index contributed by atoms with van der Waals surface area (Å²) in [6.07, 6.45) is 7.52. The van der Waals surface area contributed by atoms with Crippen LogP contribution in [0.5, 0.6) is 5.75 Å². The molecule has 2 aliphatic heterocycles. The SMILES string of the molecule is CN1C=CN(c2cc([O-])cc(N3C=CN(C)[CH-]3)n2)[CH-]1.[Cl][Ni]. The Hall–Kier alpha value is -1.59. The molecule has 0 aliphatic carbocycles. The second-order valence-electron chi connectivity index (χ2n) is 4.49.